The van der Waals surface area contributed by atoms with Gasteiger partial charge in [0, 0.05) is 25.2 Å². The van der Waals surface area contributed by atoms with Gasteiger partial charge in [-0.15, -0.1) is 0 Å². The molecule has 0 bridgehead atoms. The van der Waals surface area contributed by atoms with Gasteiger partial charge in [-0.2, -0.15) is 5.10 Å². The number of rotatable bonds is 6. The largest absolute Gasteiger partial charge is 0.452 e. The number of hydrogen-bond donors (Lipinski definition) is 1. The summed E-state index contributed by atoms with van der Waals surface area (Å²) in [4.78, 5) is 23.3. The molecule has 0 aliphatic carbocycles. The summed E-state index contributed by atoms with van der Waals surface area (Å²) >= 11 is 6.04. The monoisotopic (exact) mass is 365 g/mol. The Bertz CT molecular complexity index is 800. The van der Waals surface area contributed by atoms with Crippen LogP contribution in [-0.2, 0) is 27.9 Å². The molecule has 0 saturated carbocycles. The van der Waals surface area contributed by atoms with Crippen LogP contribution in [0.2, 0.25) is 5.15 Å². The topological polar surface area (TPSA) is 73.2 Å². The van der Waals surface area contributed by atoms with Crippen LogP contribution < -0.4 is 5.32 Å². The Kier molecular flexibility index (Phi) is 6.30. The third kappa shape index (κ3) is 5.42. The highest BCUT2D eigenvalue weighted by atomic mass is 35.5. The number of ether oxygens (including phenoxy) is 1. The number of benzene rings is 1. The van der Waals surface area contributed by atoms with Crippen molar-refractivity contribution in [2.45, 2.75) is 13.5 Å². The average molecular weight is 366 g/mol. The molecular weight excluding hydrogens is 349 g/mol. The SMILES string of the molecule is Cc1nn(C)c(Cl)c1/C=C/C(=O)OCC(=O)NCc1ccc(F)cc1. The number of aromatic nitrogens is 2. The Morgan fingerprint density at radius 2 is 2.04 bits per heavy atom. The van der Waals surface area contributed by atoms with Crippen molar-refractivity contribution in [3.05, 3.63) is 58.1 Å². The van der Waals surface area contributed by atoms with E-state index in [1.165, 1.54) is 29.0 Å². The third-order valence-electron chi connectivity index (χ3n) is 3.33. The smallest absolute Gasteiger partial charge is 0.331 e. The maximum Gasteiger partial charge on any atom is 0.331 e. The predicted octanol–water partition coefficient (Wildman–Crippen LogP) is 2.39. The van der Waals surface area contributed by atoms with Crippen LogP contribution in [0.25, 0.3) is 6.08 Å². The fourth-order valence-corrected chi connectivity index (χ4v) is 2.26. The Morgan fingerprint density at radius 1 is 1.36 bits per heavy atom. The summed E-state index contributed by atoms with van der Waals surface area (Å²) in [6.07, 6.45) is 2.67. The van der Waals surface area contributed by atoms with Crippen molar-refractivity contribution in [2.24, 2.45) is 7.05 Å². The second-order valence-corrected chi connectivity index (χ2v) is 5.62. The molecule has 2 rings (SSSR count). The number of carbonyl (C=O) groups is 2. The van der Waals surface area contributed by atoms with E-state index in [9.17, 15) is 14.0 Å². The Hall–Kier alpha value is -2.67. The molecule has 1 amide bonds. The lowest BCUT2D eigenvalue weighted by Gasteiger charge is -2.05. The van der Waals surface area contributed by atoms with Crippen LogP contribution in [0.4, 0.5) is 4.39 Å². The maximum atomic E-state index is 12.8. The summed E-state index contributed by atoms with van der Waals surface area (Å²) in [5.41, 5.74) is 2.03. The second kappa shape index (κ2) is 8.43. The molecule has 1 aromatic heterocycles. The number of carbonyl (C=O) groups excluding carboxylic acids is 2. The predicted molar refractivity (Wildman–Crippen MR) is 91.2 cm³/mol. The molecule has 0 saturated heterocycles. The van der Waals surface area contributed by atoms with Crippen LogP contribution in [0.5, 0.6) is 0 Å². The molecule has 25 heavy (non-hydrogen) atoms. The van der Waals surface area contributed by atoms with Gasteiger partial charge in [0.15, 0.2) is 6.61 Å². The summed E-state index contributed by atoms with van der Waals surface area (Å²) < 4.78 is 19.1. The molecule has 0 aliphatic rings. The Balaban J connectivity index is 1.78. The van der Waals surface area contributed by atoms with E-state index in [0.29, 0.717) is 16.4 Å². The van der Waals surface area contributed by atoms with E-state index < -0.39 is 18.5 Å². The molecule has 6 nitrogen and oxygen atoms in total. The van der Waals surface area contributed by atoms with Gasteiger partial charge in [0.05, 0.1) is 5.69 Å². The summed E-state index contributed by atoms with van der Waals surface area (Å²) in [7, 11) is 1.69. The average Bonchev–Trinajstić information content (AvgIpc) is 2.83. The second-order valence-electron chi connectivity index (χ2n) is 5.26. The lowest BCUT2D eigenvalue weighted by molar-refractivity contribution is -0.143. The quantitative estimate of drug-likeness (QED) is 0.630. The number of amides is 1. The fraction of sp³-hybridized carbons (Fsp3) is 0.235. The van der Waals surface area contributed by atoms with Crippen molar-refractivity contribution in [1.29, 1.82) is 0 Å². The molecule has 1 aromatic carbocycles. The van der Waals surface area contributed by atoms with E-state index in [1.807, 2.05) is 0 Å². The molecule has 0 spiro atoms. The number of halogens is 2. The van der Waals surface area contributed by atoms with Crippen LogP contribution in [-0.4, -0.2) is 28.3 Å². The van der Waals surface area contributed by atoms with Gasteiger partial charge in [-0.25, -0.2) is 9.18 Å². The highest BCUT2D eigenvalue weighted by molar-refractivity contribution is 6.31. The van der Waals surface area contributed by atoms with Gasteiger partial charge < -0.3 is 10.1 Å². The van der Waals surface area contributed by atoms with Crippen molar-refractivity contribution >= 4 is 29.6 Å². The molecule has 8 heteroatoms. The van der Waals surface area contributed by atoms with Crippen LogP contribution in [0, 0.1) is 12.7 Å². The molecule has 0 fully saturated rings. The summed E-state index contributed by atoms with van der Waals surface area (Å²) in [6.45, 7) is 1.57. The maximum absolute atomic E-state index is 12.8. The van der Waals surface area contributed by atoms with Crippen LogP contribution in [0.15, 0.2) is 30.3 Å². The zero-order chi connectivity index (χ0) is 18.4. The normalized spacial score (nSPS) is 10.9. The van der Waals surface area contributed by atoms with E-state index in [4.69, 9.17) is 16.3 Å². The molecule has 0 aliphatic heterocycles. The van der Waals surface area contributed by atoms with Crippen molar-refractivity contribution in [3.8, 4) is 0 Å². The first-order valence-electron chi connectivity index (χ1n) is 7.42. The van der Waals surface area contributed by atoms with Crippen LogP contribution >= 0.6 is 11.6 Å². The summed E-state index contributed by atoms with van der Waals surface area (Å²) in [5.74, 6) is -1.47. The minimum Gasteiger partial charge on any atom is -0.452 e. The van der Waals surface area contributed by atoms with Gasteiger partial charge in [0.25, 0.3) is 5.91 Å². The highest BCUT2D eigenvalue weighted by Gasteiger charge is 2.09. The van der Waals surface area contributed by atoms with Crippen molar-refractivity contribution in [3.63, 3.8) is 0 Å². The lowest BCUT2D eigenvalue weighted by atomic mass is 10.2. The lowest BCUT2D eigenvalue weighted by Crippen LogP contribution is -2.28. The number of nitrogens with one attached hydrogen (secondary N) is 1. The van der Waals surface area contributed by atoms with Crippen molar-refractivity contribution < 1.29 is 18.7 Å². The molecule has 0 radical (unpaired) electrons. The van der Waals surface area contributed by atoms with Gasteiger partial charge in [-0.1, -0.05) is 23.7 Å². The standard InChI is InChI=1S/C17H17ClFN3O3/c1-11-14(17(18)22(2)21-11)7-8-16(24)25-10-15(23)20-9-12-3-5-13(19)6-4-12/h3-8H,9-10H2,1-2H3,(H,20,23)/b8-7+. The fourth-order valence-electron chi connectivity index (χ4n) is 2.03. The molecule has 1 N–H and O–H groups in total. The van der Waals surface area contributed by atoms with Gasteiger partial charge >= 0.3 is 5.97 Å². The molecular formula is C17H17ClFN3O3. The first-order valence-corrected chi connectivity index (χ1v) is 7.79. The van der Waals surface area contributed by atoms with E-state index in [2.05, 4.69) is 10.4 Å². The minimum atomic E-state index is -0.670. The highest BCUT2D eigenvalue weighted by Crippen LogP contribution is 2.19. The Morgan fingerprint density at radius 3 is 2.64 bits per heavy atom. The van der Waals surface area contributed by atoms with Crippen molar-refractivity contribution in [1.82, 2.24) is 15.1 Å². The minimum absolute atomic E-state index is 0.219. The number of aryl methyl sites for hydroxylation is 2. The first kappa shape index (κ1) is 18.7. The number of hydrogen-bond acceptors (Lipinski definition) is 4. The zero-order valence-corrected chi connectivity index (χ0v) is 14.5. The molecule has 0 atom stereocenters. The zero-order valence-electron chi connectivity index (χ0n) is 13.8. The van der Waals surface area contributed by atoms with Gasteiger partial charge in [0.2, 0.25) is 0 Å². The van der Waals surface area contributed by atoms with Crippen molar-refractivity contribution in [2.75, 3.05) is 6.61 Å². The van der Waals surface area contributed by atoms with Gasteiger partial charge in [-0.05, 0) is 30.7 Å². The van der Waals surface area contributed by atoms with E-state index in [-0.39, 0.29) is 12.4 Å². The number of esters is 1. The van der Waals surface area contributed by atoms with Gasteiger partial charge in [-0.3, -0.25) is 9.48 Å². The van der Waals surface area contributed by atoms with Crippen LogP contribution in [0.1, 0.15) is 16.8 Å². The van der Waals surface area contributed by atoms with E-state index >= 15 is 0 Å². The first-order chi connectivity index (χ1) is 11.9. The van der Waals surface area contributed by atoms with Crippen LogP contribution in [0.3, 0.4) is 0 Å². The van der Waals surface area contributed by atoms with E-state index in [1.54, 1.807) is 26.1 Å². The van der Waals surface area contributed by atoms with Gasteiger partial charge in [0.1, 0.15) is 11.0 Å². The summed E-state index contributed by atoms with van der Waals surface area (Å²) in [5, 5.41) is 7.09. The molecule has 0 unspecified atom stereocenters. The van der Waals surface area contributed by atoms with E-state index in [0.717, 1.165) is 5.56 Å². The molecule has 2 aromatic rings. The third-order valence-corrected chi connectivity index (χ3v) is 3.78. The number of nitrogens with zero attached hydrogens (tertiary/aromatic N) is 2. The molecule has 1 heterocycles. The molecule has 132 valence electrons. The Labute approximate surface area is 149 Å². The summed E-state index contributed by atoms with van der Waals surface area (Å²) in [6, 6.07) is 5.73.